The summed E-state index contributed by atoms with van der Waals surface area (Å²) in [7, 11) is -0.965. The maximum atomic E-state index is 13.8. The van der Waals surface area contributed by atoms with Crippen LogP contribution in [0.25, 0.3) is 0 Å². The highest BCUT2D eigenvalue weighted by Gasteiger charge is 2.35. The lowest BCUT2D eigenvalue weighted by molar-refractivity contribution is 0.172. The molecule has 3 aromatic carbocycles. The van der Waals surface area contributed by atoms with Crippen molar-refractivity contribution in [1.29, 1.82) is 10.5 Å². The van der Waals surface area contributed by atoms with E-state index in [4.69, 9.17) is 14.7 Å². The Bertz CT molecular complexity index is 1330. The van der Waals surface area contributed by atoms with Crippen LogP contribution in [0.15, 0.2) is 66.7 Å². The molecular weight excluding hydrogens is 478 g/mol. The fourth-order valence-electron chi connectivity index (χ4n) is 3.74. The molecule has 9 heteroatoms. The van der Waals surface area contributed by atoms with Crippen LogP contribution < -0.4 is 9.47 Å². The van der Waals surface area contributed by atoms with Gasteiger partial charge in [-0.1, -0.05) is 30.3 Å². The Morgan fingerprint density at radius 1 is 0.861 bits per heavy atom. The lowest BCUT2D eigenvalue weighted by Gasteiger charge is -2.29. The van der Waals surface area contributed by atoms with Gasteiger partial charge in [0.2, 0.25) is 10.0 Å². The van der Waals surface area contributed by atoms with Crippen molar-refractivity contribution in [3.63, 3.8) is 0 Å². The van der Waals surface area contributed by atoms with E-state index in [1.54, 1.807) is 62.8 Å². The SMILES string of the molecule is COc1ccc(CN(Cc2ccc(OC)cc2)S(=O)(=O)[C@H](C)[C@H](O)c2ccc(C#N)cc2C#N)cc1. The molecule has 0 bridgehead atoms. The van der Waals surface area contributed by atoms with Gasteiger partial charge in [-0.05, 0) is 60.0 Å². The molecule has 0 heterocycles. The number of ether oxygens (including phenoxy) is 2. The Kier molecular flexibility index (Phi) is 8.68. The minimum absolute atomic E-state index is 0.0560. The van der Waals surface area contributed by atoms with E-state index in [0.29, 0.717) is 11.5 Å². The maximum absolute atomic E-state index is 13.8. The molecule has 0 aliphatic heterocycles. The number of hydrogen-bond acceptors (Lipinski definition) is 7. The number of nitriles is 2. The molecule has 8 nitrogen and oxygen atoms in total. The number of aliphatic hydroxyl groups excluding tert-OH is 1. The van der Waals surface area contributed by atoms with Gasteiger partial charge in [0.1, 0.15) is 16.7 Å². The molecule has 1 N–H and O–H groups in total. The number of rotatable bonds is 10. The molecular formula is C27H27N3O5S. The molecule has 0 aliphatic carbocycles. The number of methoxy groups -OCH3 is 2. The molecule has 0 unspecified atom stereocenters. The van der Waals surface area contributed by atoms with Gasteiger partial charge in [0.25, 0.3) is 0 Å². The first-order valence-corrected chi connectivity index (χ1v) is 12.6. The second-order valence-electron chi connectivity index (χ2n) is 8.18. The predicted molar refractivity (Wildman–Crippen MR) is 134 cm³/mol. The predicted octanol–water partition coefficient (Wildman–Crippen LogP) is 3.90. The lowest BCUT2D eigenvalue weighted by Crippen LogP contribution is -2.39. The van der Waals surface area contributed by atoms with Gasteiger partial charge in [-0.15, -0.1) is 0 Å². The topological polar surface area (TPSA) is 124 Å². The molecule has 0 aliphatic rings. The van der Waals surface area contributed by atoms with Crippen molar-refractivity contribution in [2.45, 2.75) is 31.4 Å². The average Bonchev–Trinajstić information content (AvgIpc) is 2.92. The van der Waals surface area contributed by atoms with Crippen molar-refractivity contribution in [1.82, 2.24) is 4.31 Å². The molecule has 0 saturated heterocycles. The Morgan fingerprint density at radius 2 is 1.36 bits per heavy atom. The van der Waals surface area contributed by atoms with Crippen LogP contribution in [0, 0.1) is 22.7 Å². The van der Waals surface area contributed by atoms with Crippen LogP contribution in [-0.4, -0.2) is 37.3 Å². The third kappa shape index (κ3) is 6.02. The smallest absolute Gasteiger partial charge is 0.220 e. The summed E-state index contributed by atoms with van der Waals surface area (Å²) in [5.41, 5.74) is 1.94. The number of benzene rings is 3. The van der Waals surface area contributed by atoms with Crippen LogP contribution in [0.1, 0.15) is 40.8 Å². The molecule has 0 spiro atoms. The Labute approximate surface area is 211 Å². The highest BCUT2D eigenvalue weighted by atomic mass is 32.2. The number of nitrogens with zero attached hydrogens (tertiary/aromatic N) is 3. The quantitative estimate of drug-likeness (QED) is 0.443. The molecule has 186 valence electrons. The van der Waals surface area contributed by atoms with E-state index >= 15 is 0 Å². The molecule has 36 heavy (non-hydrogen) atoms. The molecule has 0 amide bonds. The Hall–Kier alpha value is -3.89. The number of aliphatic hydroxyl groups is 1. The number of hydrogen-bond donors (Lipinski definition) is 1. The Morgan fingerprint density at radius 3 is 1.78 bits per heavy atom. The zero-order chi connectivity index (χ0) is 26.3. The summed E-state index contributed by atoms with van der Waals surface area (Å²) >= 11 is 0. The summed E-state index contributed by atoms with van der Waals surface area (Å²) in [5, 5.41) is 28.4. The van der Waals surface area contributed by atoms with Crippen LogP contribution in [0.2, 0.25) is 0 Å². The second-order valence-corrected chi connectivity index (χ2v) is 10.5. The van der Waals surface area contributed by atoms with Gasteiger partial charge in [0, 0.05) is 13.1 Å². The zero-order valence-electron chi connectivity index (χ0n) is 20.2. The number of sulfonamides is 1. The first kappa shape index (κ1) is 26.7. The fourth-order valence-corrected chi connectivity index (χ4v) is 5.34. The van der Waals surface area contributed by atoms with Crippen LogP contribution >= 0.6 is 0 Å². The van der Waals surface area contributed by atoms with E-state index in [2.05, 4.69) is 0 Å². The largest absolute Gasteiger partial charge is 0.497 e. The second kappa shape index (κ2) is 11.7. The van der Waals surface area contributed by atoms with Gasteiger partial charge in [-0.25, -0.2) is 8.42 Å². The van der Waals surface area contributed by atoms with E-state index in [0.717, 1.165) is 11.1 Å². The molecule has 0 aromatic heterocycles. The van der Waals surface area contributed by atoms with E-state index in [9.17, 15) is 18.8 Å². The lowest BCUT2D eigenvalue weighted by atomic mass is 9.99. The van der Waals surface area contributed by atoms with Crippen molar-refractivity contribution < 1.29 is 23.0 Å². The van der Waals surface area contributed by atoms with Crippen molar-refractivity contribution in [2.24, 2.45) is 0 Å². The van der Waals surface area contributed by atoms with E-state index in [-0.39, 0.29) is 29.8 Å². The maximum Gasteiger partial charge on any atom is 0.220 e. The normalized spacial score (nSPS) is 12.9. The first-order chi connectivity index (χ1) is 17.2. The molecule has 0 radical (unpaired) electrons. The molecule has 3 rings (SSSR count). The third-order valence-corrected chi connectivity index (χ3v) is 8.11. The van der Waals surface area contributed by atoms with Gasteiger partial charge in [0.05, 0.1) is 43.6 Å². The standard InChI is InChI=1S/C27H27N3O5S/c1-19(27(31)26-13-8-22(15-28)14-23(26)16-29)36(32,33)30(17-20-4-9-24(34-2)10-5-20)18-21-6-11-25(35-3)12-7-21/h4-14,19,27,31H,17-18H2,1-3H3/t19-,27+/m1/s1. The molecule has 3 aromatic rings. The summed E-state index contributed by atoms with van der Waals surface area (Å²) < 4.78 is 39.3. The van der Waals surface area contributed by atoms with E-state index in [1.807, 2.05) is 12.1 Å². The van der Waals surface area contributed by atoms with Crippen LogP contribution in [-0.2, 0) is 23.1 Å². The minimum Gasteiger partial charge on any atom is -0.497 e. The summed E-state index contributed by atoms with van der Waals surface area (Å²) in [5.74, 6) is 1.30. The van der Waals surface area contributed by atoms with Crippen molar-refractivity contribution in [3.8, 4) is 23.6 Å². The van der Waals surface area contributed by atoms with Gasteiger partial charge in [-0.2, -0.15) is 14.8 Å². The van der Waals surface area contributed by atoms with Crippen LogP contribution in [0.4, 0.5) is 0 Å². The van der Waals surface area contributed by atoms with Gasteiger partial charge in [0.15, 0.2) is 0 Å². The van der Waals surface area contributed by atoms with Gasteiger partial charge in [-0.3, -0.25) is 0 Å². The van der Waals surface area contributed by atoms with Gasteiger partial charge >= 0.3 is 0 Å². The average molecular weight is 506 g/mol. The Balaban J connectivity index is 1.96. The van der Waals surface area contributed by atoms with E-state index < -0.39 is 21.4 Å². The molecule has 0 saturated carbocycles. The van der Waals surface area contributed by atoms with Crippen LogP contribution in [0.5, 0.6) is 11.5 Å². The fraction of sp³-hybridized carbons (Fsp3) is 0.259. The minimum atomic E-state index is -4.07. The first-order valence-electron chi connectivity index (χ1n) is 11.1. The third-order valence-electron chi connectivity index (χ3n) is 5.93. The van der Waals surface area contributed by atoms with E-state index in [1.165, 1.54) is 29.4 Å². The zero-order valence-corrected chi connectivity index (χ0v) is 21.1. The summed E-state index contributed by atoms with van der Waals surface area (Å²) in [6, 6.07) is 22.2. The highest BCUT2D eigenvalue weighted by molar-refractivity contribution is 7.89. The van der Waals surface area contributed by atoms with Crippen LogP contribution in [0.3, 0.4) is 0 Å². The molecule has 2 atom stereocenters. The summed E-state index contributed by atoms with van der Waals surface area (Å²) in [6.45, 7) is 1.54. The molecule has 0 fully saturated rings. The van der Waals surface area contributed by atoms with Gasteiger partial charge < -0.3 is 14.6 Å². The van der Waals surface area contributed by atoms with Crippen molar-refractivity contribution in [3.05, 3.63) is 94.5 Å². The van der Waals surface area contributed by atoms with Crippen molar-refractivity contribution in [2.75, 3.05) is 14.2 Å². The monoisotopic (exact) mass is 505 g/mol. The highest BCUT2D eigenvalue weighted by Crippen LogP contribution is 2.29. The summed E-state index contributed by atoms with van der Waals surface area (Å²) in [4.78, 5) is 0. The summed E-state index contributed by atoms with van der Waals surface area (Å²) in [6.07, 6.45) is -1.48. The van der Waals surface area contributed by atoms with Crippen molar-refractivity contribution >= 4 is 10.0 Å².